The smallest absolute Gasteiger partial charge is 0.219 e. The molecule has 7 heteroatoms. The molecule has 7 nitrogen and oxygen atoms in total. The summed E-state index contributed by atoms with van der Waals surface area (Å²) in [5, 5.41) is 11.5. The van der Waals surface area contributed by atoms with Gasteiger partial charge in [0.25, 0.3) is 0 Å². The van der Waals surface area contributed by atoms with Crippen molar-refractivity contribution in [2.24, 2.45) is 0 Å². The molecule has 2 fully saturated rings. The van der Waals surface area contributed by atoms with Gasteiger partial charge in [0.1, 0.15) is 18.0 Å². The number of hydrogen-bond donors (Lipinski definition) is 1. The highest BCUT2D eigenvalue weighted by Crippen LogP contribution is 2.24. The molecule has 0 aliphatic carbocycles. The normalized spacial score (nSPS) is 23.9. The average Bonchev–Trinajstić information content (AvgIpc) is 2.89. The maximum Gasteiger partial charge on any atom is 0.219 e. The number of piperidine rings is 1. The second-order valence-electron chi connectivity index (χ2n) is 8.91. The Balaban J connectivity index is 1.70. The summed E-state index contributed by atoms with van der Waals surface area (Å²) >= 11 is 0. The summed E-state index contributed by atoms with van der Waals surface area (Å²) in [7, 11) is 0. The quantitative estimate of drug-likeness (QED) is 0.805. The Morgan fingerprint density at radius 2 is 1.67 bits per heavy atom. The second kappa shape index (κ2) is 9.35. The minimum Gasteiger partial charge on any atom is -0.490 e. The zero-order valence-corrected chi connectivity index (χ0v) is 18.7. The van der Waals surface area contributed by atoms with Crippen molar-refractivity contribution in [1.29, 1.82) is 0 Å². The van der Waals surface area contributed by atoms with Gasteiger partial charge in [-0.15, -0.1) is 0 Å². The standard InChI is InChI=1S/C23H35N3O4/c1-17-5-6-22(13-18(17)2)30-16-23(29)14-25(20(4)28)11-12-26(15-23)21-7-9-24(10-8-21)19(3)27/h5-6,13,21,29H,7-12,14-16H2,1-4H3. The third-order valence-corrected chi connectivity index (χ3v) is 6.50. The molecule has 0 saturated carbocycles. The zero-order valence-electron chi connectivity index (χ0n) is 18.7. The van der Waals surface area contributed by atoms with Crippen LogP contribution in [0.2, 0.25) is 0 Å². The van der Waals surface area contributed by atoms with Gasteiger partial charge in [-0.2, -0.15) is 0 Å². The molecule has 1 aromatic carbocycles. The minimum absolute atomic E-state index is 0.0344. The summed E-state index contributed by atoms with van der Waals surface area (Å²) in [6.07, 6.45) is 1.77. The average molecular weight is 418 g/mol. The topological polar surface area (TPSA) is 73.3 Å². The van der Waals surface area contributed by atoms with Crippen LogP contribution in [0.4, 0.5) is 0 Å². The highest BCUT2D eigenvalue weighted by Gasteiger charge is 2.39. The zero-order chi connectivity index (χ0) is 21.9. The Bertz CT molecular complexity index is 776. The van der Waals surface area contributed by atoms with Gasteiger partial charge in [0.2, 0.25) is 11.8 Å². The Kier molecular flexibility index (Phi) is 7.03. The molecule has 2 aliphatic heterocycles. The highest BCUT2D eigenvalue weighted by molar-refractivity contribution is 5.73. The summed E-state index contributed by atoms with van der Waals surface area (Å²) in [5.41, 5.74) is 1.18. The lowest BCUT2D eigenvalue weighted by molar-refractivity contribution is -0.132. The third-order valence-electron chi connectivity index (χ3n) is 6.50. The van der Waals surface area contributed by atoms with Crippen LogP contribution < -0.4 is 4.74 Å². The third kappa shape index (κ3) is 5.52. The second-order valence-corrected chi connectivity index (χ2v) is 8.91. The number of nitrogens with zero attached hydrogens (tertiary/aromatic N) is 3. The van der Waals surface area contributed by atoms with E-state index in [1.54, 1.807) is 18.7 Å². The maximum atomic E-state index is 12.1. The number of hydrogen-bond acceptors (Lipinski definition) is 5. The van der Waals surface area contributed by atoms with Crippen molar-refractivity contribution < 1.29 is 19.4 Å². The van der Waals surface area contributed by atoms with Crippen molar-refractivity contribution in [3.05, 3.63) is 29.3 Å². The lowest BCUT2D eigenvalue weighted by Crippen LogP contribution is -2.54. The van der Waals surface area contributed by atoms with Crippen molar-refractivity contribution in [3.63, 3.8) is 0 Å². The summed E-state index contributed by atoms with van der Waals surface area (Å²) in [4.78, 5) is 29.6. The van der Waals surface area contributed by atoms with Gasteiger partial charge < -0.3 is 19.6 Å². The molecule has 1 N–H and O–H groups in total. The molecule has 166 valence electrons. The predicted octanol–water partition coefficient (Wildman–Crippen LogP) is 1.59. The molecule has 0 aromatic heterocycles. The molecule has 3 rings (SSSR count). The van der Waals surface area contributed by atoms with Crippen LogP contribution in [0.1, 0.15) is 37.8 Å². The van der Waals surface area contributed by atoms with Crippen LogP contribution in [0.3, 0.4) is 0 Å². The number of benzene rings is 1. The largest absolute Gasteiger partial charge is 0.490 e. The van der Waals surface area contributed by atoms with E-state index in [2.05, 4.69) is 11.8 Å². The molecule has 2 aliphatic rings. The molecule has 1 aromatic rings. The van der Waals surface area contributed by atoms with Crippen molar-refractivity contribution >= 4 is 11.8 Å². The van der Waals surface area contributed by atoms with E-state index in [0.29, 0.717) is 19.1 Å². The Hall–Kier alpha value is -2.12. The van der Waals surface area contributed by atoms with Crippen LogP contribution in [0.5, 0.6) is 5.75 Å². The summed E-state index contributed by atoms with van der Waals surface area (Å²) in [5.74, 6) is 0.810. The van der Waals surface area contributed by atoms with E-state index >= 15 is 0 Å². The fourth-order valence-electron chi connectivity index (χ4n) is 4.43. The summed E-state index contributed by atoms with van der Waals surface area (Å²) in [6, 6.07) is 6.20. The lowest BCUT2D eigenvalue weighted by atomic mass is 9.99. The minimum atomic E-state index is -1.15. The number of likely N-dealkylation sites (tertiary alicyclic amines) is 1. The van der Waals surface area contributed by atoms with Crippen molar-refractivity contribution in [3.8, 4) is 5.75 Å². The Morgan fingerprint density at radius 3 is 2.27 bits per heavy atom. The van der Waals surface area contributed by atoms with Gasteiger partial charge in [-0.1, -0.05) is 6.07 Å². The van der Waals surface area contributed by atoms with E-state index in [4.69, 9.17) is 4.74 Å². The summed E-state index contributed by atoms with van der Waals surface area (Å²) < 4.78 is 5.98. The number of aryl methyl sites for hydroxylation is 2. The van der Waals surface area contributed by atoms with Crippen LogP contribution in [-0.4, -0.2) is 89.1 Å². The first-order chi connectivity index (χ1) is 14.2. The fraction of sp³-hybridized carbons (Fsp3) is 0.652. The van der Waals surface area contributed by atoms with E-state index in [9.17, 15) is 14.7 Å². The van der Waals surface area contributed by atoms with Gasteiger partial charge in [0.15, 0.2) is 0 Å². The van der Waals surface area contributed by atoms with E-state index in [1.807, 2.05) is 30.0 Å². The monoisotopic (exact) mass is 417 g/mol. The first kappa shape index (κ1) is 22.6. The van der Waals surface area contributed by atoms with Gasteiger partial charge in [0.05, 0.1) is 6.54 Å². The lowest BCUT2D eigenvalue weighted by Gasteiger charge is -2.40. The van der Waals surface area contributed by atoms with Crippen LogP contribution in [0, 0.1) is 13.8 Å². The van der Waals surface area contributed by atoms with Gasteiger partial charge in [-0.3, -0.25) is 14.5 Å². The molecule has 1 atom stereocenters. The molecule has 1 unspecified atom stereocenters. The van der Waals surface area contributed by atoms with Crippen LogP contribution in [-0.2, 0) is 9.59 Å². The number of amides is 2. The number of β-amino-alcohol motifs (C(OH)–C–C–N with tert-alkyl or cyclic N) is 1. The van der Waals surface area contributed by atoms with Crippen molar-refractivity contribution in [2.75, 3.05) is 45.9 Å². The molecule has 2 heterocycles. The fourth-order valence-corrected chi connectivity index (χ4v) is 4.43. The molecule has 0 radical (unpaired) electrons. The first-order valence-electron chi connectivity index (χ1n) is 10.8. The maximum absolute atomic E-state index is 12.1. The summed E-state index contributed by atoms with van der Waals surface area (Å²) in [6.45, 7) is 10.9. The molecule has 2 amide bonds. The molecule has 0 bridgehead atoms. The van der Waals surface area contributed by atoms with Crippen LogP contribution >= 0.6 is 0 Å². The molecule has 2 saturated heterocycles. The van der Waals surface area contributed by atoms with Gasteiger partial charge in [-0.25, -0.2) is 0 Å². The molecular weight excluding hydrogens is 382 g/mol. The number of carbonyl (C=O) groups is 2. The van der Waals surface area contributed by atoms with Gasteiger partial charge in [-0.05, 0) is 49.9 Å². The van der Waals surface area contributed by atoms with Crippen molar-refractivity contribution in [1.82, 2.24) is 14.7 Å². The Labute approximate surface area is 179 Å². The Morgan fingerprint density at radius 1 is 1.00 bits per heavy atom. The highest BCUT2D eigenvalue weighted by atomic mass is 16.5. The number of ether oxygens (including phenoxy) is 1. The number of carbonyl (C=O) groups excluding carboxylic acids is 2. The van der Waals surface area contributed by atoms with E-state index in [-0.39, 0.29) is 25.0 Å². The van der Waals surface area contributed by atoms with E-state index in [0.717, 1.165) is 43.8 Å². The van der Waals surface area contributed by atoms with Crippen molar-refractivity contribution in [2.45, 2.75) is 52.2 Å². The molecular formula is C23H35N3O4. The number of rotatable bonds is 4. The van der Waals surface area contributed by atoms with Gasteiger partial charge >= 0.3 is 0 Å². The SMILES string of the molecule is CC(=O)N1CCC(N2CCN(C(C)=O)CC(O)(COc3ccc(C)c(C)c3)C2)CC1. The van der Waals surface area contributed by atoms with E-state index in [1.165, 1.54) is 5.56 Å². The first-order valence-corrected chi connectivity index (χ1v) is 10.8. The molecule has 0 spiro atoms. The van der Waals surface area contributed by atoms with Gasteiger partial charge in [0, 0.05) is 52.6 Å². The molecule has 30 heavy (non-hydrogen) atoms. The van der Waals surface area contributed by atoms with Crippen LogP contribution in [0.25, 0.3) is 0 Å². The van der Waals surface area contributed by atoms with E-state index < -0.39 is 5.60 Å². The number of aliphatic hydroxyl groups is 1. The van der Waals surface area contributed by atoms with Crippen LogP contribution in [0.15, 0.2) is 18.2 Å². The predicted molar refractivity (Wildman–Crippen MR) is 115 cm³/mol.